The van der Waals surface area contributed by atoms with E-state index in [2.05, 4.69) is 17.5 Å². The molecule has 0 aromatic carbocycles. The van der Waals surface area contributed by atoms with E-state index in [-0.39, 0.29) is 5.54 Å². The third-order valence-corrected chi connectivity index (χ3v) is 1.07. The number of hydrogen-bond donors (Lipinski definition) is 2. The van der Waals surface area contributed by atoms with Gasteiger partial charge in [0.25, 0.3) is 0 Å². The zero-order chi connectivity index (χ0) is 8.20. The maximum Gasteiger partial charge on any atom is 0.164 e. The van der Waals surface area contributed by atoms with Gasteiger partial charge < -0.3 is 15.8 Å². The Morgan fingerprint density at radius 3 is 2.50 bits per heavy atom. The van der Waals surface area contributed by atoms with E-state index in [9.17, 15) is 0 Å². The van der Waals surface area contributed by atoms with Gasteiger partial charge in [-0.3, -0.25) is 0 Å². The SMILES string of the molecule is COCC(C)(C)NC(N)=S. The average Bonchev–Trinajstić information content (AvgIpc) is 1.59. The maximum absolute atomic E-state index is 5.27. The highest BCUT2D eigenvalue weighted by Gasteiger charge is 2.16. The molecule has 0 aliphatic heterocycles. The lowest BCUT2D eigenvalue weighted by atomic mass is 10.1. The summed E-state index contributed by atoms with van der Waals surface area (Å²) < 4.78 is 4.93. The van der Waals surface area contributed by atoms with Crippen molar-refractivity contribution in [3.05, 3.63) is 0 Å². The van der Waals surface area contributed by atoms with Crippen LogP contribution in [-0.4, -0.2) is 24.4 Å². The van der Waals surface area contributed by atoms with Crippen molar-refractivity contribution in [3.8, 4) is 0 Å². The van der Waals surface area contributed by atoms with E-state index in [0.29, 0.717) is 11.7 Å². The van der Waals surface area contributed by atoms with Gasteiger partial charge in [-0.25, -0.2) is 0 Å². The van der Waals surface area contributed by atoms with Gasteiger partial charge in [0.2, 0.25) is 0 Å². The van der Waals surface area contributed by atoms with E-state index in [1.165, 1.54) is 0 Å². The first-order chi connectivity index (χ1) is 4.48. The van der Waals surface area contributed by atoms with Gasteiger partial charge >= 0.3 is 0 Å². The van der Waals surface area contributed by atoms with Crippen molar-refractivity contribution in [1.29, 1.82) is 0 Å². The summed E-state index contributed by atoms with van der Waals surface area (Å²) in [6.45, 7) is 4.52. The lowest BCUT2D eigenvalue weighted by molar-refractivity contribution is 0.140. The Morgan fingerprint density at radius 1 is 1.70 bits per heavy atom. The van der Waals surface area contributed by atoms with Crippen LogP contribution in [0, 0.1) is 0 Å². The molecule has 0 unspecified atom stereocenters. The topological polar surface area (TPSA) is 47.3 Å². The second-order valence-corrected chi connectivity index (χ2v) is 3.25. The van der Waals surface area contributed by atoms with Gasteiger partial charge in [0, 0.05) is 7.11 Å². The van der Waals surface area contributed by atoms with Crippen molar-refractivity contribution in [3.63, 3.8) is 0 Å². The zero-order valence-corrected chi connectivity index (χ0v) is 7.42. The zero-order valence-electron chi connectivity index (χ0n) is 6.60. The highest BCUT2D eigenvalue weighted by Crippen LogP contribution is 2.00. The van der Waals surface area contributed by atoms with Gasteiger partial charge in [-0.1, -0.05) is 0 Å². The van der Waals surface area contributed by atoms with Crippen LogP contribution in [0.1, 0.15) is 13.8 Å². The van der Waals surface area contributed by atoms with Gasteiger partial charge in [-0.2, -0.15) is 0 Å². The molecule has 10 heavy (non-hydrogen) atoms. The summed E-state index contributed by atoms with van der Waals surface area (Å²) in [6.07, 6.45) is 0. The molecule has 0 amide bonds. The molecule has 0 aromatic heterocycles. The number of thiocarbonyl (C=S) groups is 1. The smallest absolute Gasteiger partial charge is 0.164 e. The highest BCUT2D eigenvalue weighted by molar-refractivity contribution is 7.80. The molecule has 0 aliphatic carbocycles. The van der Waals surface area contributed by atoms with Crippen LogP contribution in [0.3, 0.4) is 0 Å². The van der Waals surface area contributed by atoms with Crippen LogP contribution >= 0.6 is 12.2 Å². The molecule has 0 saturated carbocycles. The molecule has 3 N–H and O–H groups in total. The fourth-order valence-electron chi connectivity index (χ4n) is 0.730. The first-order valence-electron chi connectivity index (χ1n) is 3.04. The van der Waals surface area contributed by atoms with Gasteiger partial charge in [0.05, 0.1) is 12.1 Å². The van der Waals surface area contributed by atoms with Crippen molar-refractivity contribution < 1.29 is 4.74 Å². The lowest BCUT2D eigenvalue weighted by Gasteiger charge is -2.25. The summed E-state index contributed by atoms with van der Waals surface area (Å²) in [5.41, 5.74) is 5.11. The summed E-state index contributed by atoms with van der Waals surface area (Å²) in [5, 5.41) is 3.21. The van der Waals surface area contributed by atoms with Gasteiger partial charge in [0.15, 0.2) is 5.11 Å². The van der Waals surface area contributed by atoms with E-state index >= 15 is 0 Å². The predicted molar refractivity (Wildman–Crippen MR) is 45.9 cm³/mol. The molecule has 0 atom stereocenters. The van der Waals surface area contributed by atoms with Crippen LogP contribution in [0.15, 0.2) is 0 Å². The largest absolute Gasteiger partial charge is 0.382 e. The molecule has 0 saturated heterocycles. The quantitative estimate of drug-likeness (QED) is 0.584. The first-order valence-corrected chi connectivity index (χ1v) is 3.45. The van der Waals surface area contributed by atoms with E-state index in [0.717, 1.165) is 0 Å². The average molecular weight is 162 g/mol. The molecule has 0 aliphatic rings. The molecule has 0 rings (SSSR count). The normalized spacial score (nSPS) is 11.1. The number of nitrogens with one attached hydrogen (secondary N) is 1. The van der Waals surface area contributed by atoms with Crippen LogP contribution in [0.2, 0.25) is 0 Å². The van der Waals surface area contributed by atoms with Crippen molar-refractivity contribution in [2.24, 2.45) is 5.73 Å². The van der Waals surface area contributed by atoms with Crippen molar-refractivity contribution >= 4 is 17.3 Å². The Labute approximate surface area is 66.9 Å². The summed E-state index contributed by atoms with van der Waals surface area (Å²) >= 11 is 4.67. The Bertz CT molecular complexity index is 125. The Morgan fingerprint density at radius 2 is 2.20 bits per heavy atom. The minimum absolute atomic E-state index is 0.166. The fourth-order valence-corrected chi connectivity index (χ4v) is 1.01. The van der Waals surface area contributed by atoms with E-state index < -0.39 is 0 Å². The van der Waals surface area contributed by atoms with Crippen molar-refractivity contribution in [1.82, 2.24) is 5.32 Å². The van der Waals surface area contributed by atoms with Crippen LogP contribution in [-0.2, 0) is 4.74 Å². The fraction of sp³-hybridized carbons (Fsp3) is 0.833. The number of methoxy groups -OCH3 is 1. The molecule has 0 bridgehead atoms. The van der Waals surface area contributed by atoms with Crippen LogP contribution < -0.4 is 11.1 Å². The lowest BCUT2D eigenvalue weighted by Crippen LogP contribution is -2.48. The minimum Gasteiger partial charge on any atom is -0.382 e. The summed E-state index contributed by atoms with van der Waals surface area (Å²) in [4.78, 5) is 0. The molecule has 0 heterocycles. The summed E-state index contributed by atoms with van der Waals surface area (Å²) in [5.74, 6) is 0. The third-order valence-electron chi connectivity index (χ3n) is 0.967. The van der Waals surface area contributed by atoms with Crippen LogP contribution in [0.5, 0.6) is 0 Å². The predicted octanol–water partition coefficient (Wildman–Crippen LogP) is 0.245. The van der Waals surface area contributed by atoms with Gasteiger partial charge in [-0.05, 0) is 26.1 Å². The van der Waals surface area contributed by atoms with Gasteiger partial charge in [0.1, 0.15) is 0 Å². The maximum atomic E-state index is 5.27. The summed E-state index contributed by atoms with van der Waals surface area (Å²) in [6, 6.07) is 0. The molecule has 3 nitrogen and oxygen atoms in total. The van der Waals surface area contributed by atoms with E-state index in [1.807, 2.05) is 13.8 Å². The standard InChI is InChI=1S/C6H14N2OS/c1-6(2,4-9-3)8-5(7)10/h4H2,1-3H3,(H3,7,8,10). The minimum atomic E-state index is -0.166. The van der Waals surface area contributed by atoms with Crippen LogP contribution in [0.25, 0.3) is 0 Å². The van der Waals surface area contributed by atoms with Crippen molar-refractivity contribution in [2.45, 2.75) is 19.4 Å². The molecular weight excluding hydrogens is 148 g/mol. The number of rotatable bonds is 3. The molecular formula is C6H14N2OS. The molecule has 0 radical (unpaired) electrons. The Hall–Kier alpha value is -0.350. The molecule has 0 spiro atoms. The molecule has 0 aromatic rings. The van der Waals surface area contributed by atoms with E-state index in [4.69, 9.17) is 10.5 Å². The number of nitrogens with two attached hydrogens (primary N) is 1. The number of hydrogen-bond acceptors (Lipinski definition) is 2. The first kappa shape index (κ1) is 9.65. The van der Waals surface area contributed by atoms with Crippen molar-refractivity contribution in [2.75, 3.05) is 13.7 Å². The number of ether oxygens (including phenoxy) is 1. The highest BCUT2D eigenvalue weighted by atomic mass is 32.1. The van der Waals surface area contributed by atoms with E-state index in [1.54, 1.807) is 7.11 Å². The molecule has 60 valence electrons. The Balaban J connectivity index is 3.74. The molecule has 0 fully saturated rings. The van der Waals surface area contributed by atoms with Crippen LogP contribution in [0.4, 0.5) is 0 Å². The second-order valence-electron chi connectivity index (χ2n) is 2.81. The van der Waals surface area contributed by atoms with Gasteiger partial charge in [-0.15, -0.1) is 0 Å². The second kappa shape index (κ2) is 3.73. The third kappa shape index (κ3) is 4.52. The Kier molecular flexibility index (Phi) is 3.60. The molecule has 4 heteroatoms. The monoisotopic (exact) mass is 162 g/mol. The summed E-state index contributed by atoms with van der Waals surface area (Å²) in [7, 11) is 1.64.